The Kier molecular flexibility index (Phi) is 4.36. The minimum absolute atomic E-state index is 0.0432. The Hall–Kier alpha value is -1.56. The van der Waals surface area contributed by atoms with Gasteiger partial charge in [-0.05, 0) is 30.7 Å². The first kappa shape index (κ1) is 16.3. The van der Waals surface area contributed by atoms with E-state index in [2.05, 4.69) is 65.9 Å². The summed E-state index contributed by atoms with van der Waals surface area (Å²) >= 11 is -2.43. The van der Waals surface area contributed by atoms with Crippen LogP contribution in [0.1, 0.15) is 32.8 Å². The number of benzene rings is 2. The van der Waals surface area contributed by atoms with E-state index in [1.807, 2.05) is 0 Å². The molecule has 1 unspecified atom stereocenters. The summed E-state index contributed by atoms with van der Waals surface area (Å²) < 4.78 is 27.9. The van der Waals surface area contributed by atoms with Crippen LogP contribution >= 0.6 is 0 Å². The van der Waals surface area contributed by atoms with Gasteiger partial charge >= 0.3 is 0 Å². The fourth-order valence-electron chi connectivity index (χ4n) is 3.48. The lowest BCUT2D eigenvalue weighted by Crippen LogP contribution is -2.27. The molecule has 0 bridgehead atoms. The van der Waals surface area contributed by atoms with Crippen molar-refractivity contribution in [3.8, 4) is 0 Å². The van der Waals surface area contributed by atoms with Crippen molar-refractivity contribution in [1.29, 1.82) is 0 Å². The van der Waals surface area contributed by atoms with Crippen LogP contribution in [0.25, 0.3) is 10.8 Å². The lowest BCUT2D eigenvalue weighted by Gasteiger charge is -2.17. The Labute approximate surface area is 139 Å². The van der Waals surface area contributed by atoms with E-state index in [-0.39, 0.29) is 12.0 Å². The van der Waals surface area contributed by atoms with Crippen LogP contribution in [0.5, 0.6) is 0 Å². The highest BCUT2D eigenvalue weighted by molar-refractivity contribution is 7.74. The second-order valence-electron chi connectivity index (χ2n) is 6.42. The number of rotatable bonds is 5. The second-order valence-corrected chi connectivity index (χ2v) is 7.07. The van der Waals surface area contributed by atoms with Crippen molar-refractivity contribution in [2.24, 2.45) is 0 Å². The highest BCUT2D eigenvalue weighted by atomic mass is 32.2. The highest BCUT2D eigenvalue weighted by Gasteiger charge is 2.43. The molecule has 1 aliphatic rings. The number of hydrogen-bond acceptors (Lipinski definition) is 3. The van der Waals surface area contributed by atoms with Gasteiger partial charge < -0.3 is 8.74 Å². The van der Waals surface area contributed by atoms with Gasteiger partial charge in [-0.3, -0.25) is 0 Å². The van der Waals surface area contributed by atoms with Gasteiger partial charge in [-0.1, -0.05) is 24.3 Å². The van der Waals surface area contributed by atoms with E-state index in [1.165, 1.54) is 27.7 Å². The second kappa shape index (κ2) is 6.15. The van der Waals surface area contributed by atoms with E-state index in [0.29, 0.717) is 6.42 Å². The lowest BCUT2D eigenvalue weighted by molar-refractivity contribution is -0.439. The standard InChI is InChI=1S/C18H21NO3S/c1-13-18(2,3)17-15-8-5-4-7-14(15)9-10-16(17)19(13)11-6-12-22-23(20)21/h4-5,7-10H,6,11-12H2,1-3H3. The molecule has 0 saturated heterocycles. The largest absolute Gasteiger partial charge is 0.750 e. The molecule has 0 radical (unpaired) electrons. The first-order chi connectivity index (χ1) is 10.9. The summed E-state index contributed by atoms with van der Waals surface area (Å²) in [5.74, 6) is 0. The van der Waals surface area contributed by atoms with Crippen molar-refractivity contribution in [2.75, 3.05) is 13.2 Å². The summed E-state index contributed by atoms with van der Waals surface area (Å²) in [5, 5.41) is 2.54. The van der Waals surface area contributed by atoms with Gasteiger partial charge in [0.2, 0.25) is 5.69 Å². The van der Waals surface area contributed by atoms with Gasteiger partial charge in [0, 0.05) is 25.0 Å². The van der Waals surface area contributed by atoms with Crippen molar-refractivity contribution in [3.05, 3.63) is 42.0 Å². The quantitative estimate of drug-likeness (QED) is 0.479. The van der Waals surface area contributed by atoms with Crippen LogP contribution in [0.3, 0.4) is 0 Å². The normalized spacial score (nSPS) is 17.6. The Balaban J connectivity index is 1.98. The van der Waals surface area contributed by atoms with Gasteiger partial charge in [-0.15, -0.1) is 0 Å². The van der Waals surface area contributed by atoms with E-state index in [1.54, 1.807) is 0 Å². The number of fused-ring (bicyclic) bond motifs is 3. The highest BCUT2D eigenvalue weighted by Crippen LogP contribution is 2.43. The molecule has 1 heterocycles. The topological polar surface area (TPSA) is 52.4 Å². The zero-order valence-electron chi connectivity index (χ0n) is 13.7. The molecular formula is C18H21NO3S. The van der Waals surface area contributed by atoms with Gasteiger partial charge in [-0.2, -0.15) is 4.58 Å². The summed E-state index contributed by atoms with van der Waals surface area (Å²) in [4.78, 5) is 0. The average molecular weight is 331 g/mol. The SMILES string of the molecule is CC1=[N+](CCCOS(=O)[O-])c2ccc3ccccc3c2C1(C)C. The van der Waals surface area contributed by atoms with Crippen LogP contribution in [0.15, 0.2) is 36.4 Å². The first-order valence-corrected chi connectivity index (χ1v) is 8.79. The maximum Gasteiger partial charge on any atom is 0.210 e. The van der Waals surface area contributed by atoms with E-state index in [9.17, 15) is 8.76 Å². The monoisotopic (exact) mass is 331 g/mol. The van der Waals surface area contributed by atoms with E-state index >= 15 is 0 Å². The molecular weight excluding hydrogens is 310 g/mol. The van der Waals surface area contributed by atoms with Gasteiger partial charge in [0.25, 0.3) is 0 Å². The molecule has 5 heteroatoms. The van der Waals surface area contributed by atoms with Crippen molar-refractivity contribution in [3.63, 3.8) is 0 Å². The van der Waals surface area contributed by atoms with Crippen molar-refractivity contribution < 1.29 is 17.5 Å². The number of nitrogens with zero attached hydrogens (tertiary/aromatic N) is 1. The Bertz CT molecular complexity index is 811. The first-order valence-electron chi connectivity index (χ1n) is 7.79. The van der Waals surface area contributed by atoms with Crippen LogP contribution in [-0.4, -0.2) is 32.2 Å². The molecule has 0 aromatic heterocycles. The molecule has 1 atom stereocenters. The summed E-state index contributed by atoms with van der Waals surface area (Å²) in [6.07, 6.45) is 0.660. The van der Waals surface area contributed by atoms with Crippen LogP contribution in [0.2, 0.25) is 0 Å². The fraction of sp³-hybridized carbons (Fsp3) is 0.389. The predicted molar refractivity (Wildman–Crippen MR) is 91.9 cm³/mol. The molecule has 23 heavy (non-hydrogen) atoms. The molecule has 3 rings (SSSR count). The molecule has 0 fully saturated rings. The van der Waals surface area contributed by atoms with Crippen molar-refractivity contribution >= 4 is 33.5 Å². The zero-order valence-corrected chi connectivity index (χ0v) is 14.5. The third kappa shape index (κ3) is 2.84. The lowest BCUT2D eigenvalue weighted by atomic mass is 9.80. The maximum absolute atomic E-state index is 10.5. The molecule has 0 amide bonds. The molecule has 2 aromatic rings. The van der Waals surface area contributed by atoms with E-state index in [0.717, 1.165) is 6.54 Å². The predicted octanol–water partition coefficient (Wildman–Crippen LogP) is 3.44. The Morgan fingerprint density at radius 2 is 1.96 bits per heavy atom. The van der Waals surface area contributed by atoms with Crippen LogP contribution in [0.4, 0.5) is 5.69 Å². The summed E-state index contributed by atoms with van der Waals surface area (Å²) in [5.41, 5.74) is 3.81. The summed E-state index contributed by atoms with van der Waals surface area (Å²) in [7, 11) is 0. The van der Waals surface area contributed by atoms with E-state index < -0.39 is 11.4 Å². The molecule has 2 aromatic carbocycles. The van der Waals surface area contributed by atoms with Crippen LogP contribution in [0, 0.1) is 0 Å². The van der Waals surface area contributed by atoms with Gasteiger partial charge in [0.1, 0.15) is 0 Å². The third-order valence-electron chi connectivity index (χ3n) is 4.84. The minimum atomic E-state index is -2.43. The van der Waals surface area contributed by atoms with Crippen molar-refractivity contribution in [2.45, 2.75) is 32.6 Å². The van der Waals surface area contributed by atoms with Crippen LogP contribution < -0.4 is 0 Å². The van der Waals surface area contributed by atoms with Gasteiger partial charge in [0.15, 0.2) is 12.3 Å². The Morgan fingerprint density at radius 1 is 1.22 bits per heavy atom. The molecule has 0 N–H and O–H groups in total. The molecule has 122 valence electrons. The molecule has 0 saturated carbocycles. The fourth-order valence-corrected chi connectivity index (χ4v) is 3.73. The average Bonchev–Trinajstić information content (AvgIpc) is 2.71. The molecule has 1 aliphatic heterocycles. The summed E-state index contributed by atoms with van der Waals surface area (Å²) in [6, 6.07) is 12.8. The molecule has 0 aliphatic carbocycles. The molecule has 4 nitrogen and oxygen atoms in total. The zero-order chi connectivity index (χ0) is 16.6. The smallest absolute Gasteiger partial charge is 0.210 e. The van der Waals surface area contributed by atoms with Crippen LogP contribution in [-0.2, 0) is 21.0 Å². The summed E-state index contributed by atoms with van der Waals surface area (Å²) in [6.45, 7) is 7.61. The van der Waals surface area contributed by atoms with E-state index in [4.69, 9.17) is 0 Å². The third-order valence-corrected chi connectivity index (χ3v) is 5.20. The number of hydrogen-bond donors (Lipinski definition) is 0. The van der Waals surface area contributed by atoms with Crippen molar-refractivity contribution in [1.82, 2.24) is 0 Å². The maximum atomic E-state index is 10.5. The van der Waals surface area contributed by atoms with Gasteiger partial charge in [0.05, 0.1) is 23.4 Å². The molecule has 0 spiro atoms. The Morgan fingerprint density at radius 3 is 2.70 bits per heavy atom. The minimum Gasteiger partial charge on any atom is -0.750 e. The van der Waals surface area contributed by atoms with Gasteiger partial charge in [-0.25, -0.2) is 4.21 Å².